The number of ether oxygens (including phenoxy) is 3. The number of para-hydroxylation sites is 2. The Bertz CT molecular complexity index is 1050. The summed E-state index contributed by atoms with van der Waals surface area (Å²) >= 11 is 1.60. The van der Waals surface area contributed by atoms with Crippen LogP contribution >= 0.6 is 11.3 Å². The molecule has 30 heavy (non-hydrogen) atoms. The topological polar surface area (TPSA) is 69.7 Å². The predicted octanol–water partition coefficient (Wildman–Crippen LogP) is 4.00. The molecule has 0 bridgehead atoms. The van der Waals surface area contributed by atoms with Crippen LogP contribution in [0.4, 0.5) is 0 Å². The van der Waals surface area contributed by atoms with Gasteiger partial charge in [0, 0.05) is 11.5 Å². The molecule has 1 aliphatic heterocycles. The zero-order valence-electron chi connectivity index (χ0n) is 16.5. The van der Waals surface area contributed by atoms with Crippen LogP contribution in [-0.4, -0.2) is 30.1 Å². The second kappa shape index (κ2) is 9.45. The highest BCUT2D eigenvalue weighted by molar-refractivity contribution is 7.09. The second-order valence-corrected chi connectivity index (χ2v) is 7.86. The molecule has 0 saturated carbocycles. The van der Waals surface area contributed by atoms with Gasteiger partial charge in [0.05, 0.1) is 17.2 Å². The molecule has 0 fully saturated rings. The maximum absolute atomic E-state index is 12.2. The molecule has 0 unspecified atom stereocenters. The van der Waals surface area contributed by atoms with Crippen molar-refractivity contribution in [1.82, 2.24) is 10.3 Å². The van der Waals surface area contributed by atoms with Crippen LogP contribution in [0.1, 0.15) is 16.3 Å². The van der Waals surface area contributed by atoms with Crippen molar-refractivity contribution < 1.29 is 19.0 Å². The van der Waals surface area contributed by atoms with E-state index in [-0.39, 0.29) is 12.0 Å². The Morgan fingerprint density at radius 3 is 2.97 bits per heavy atom. The fourth-order valence-corrected chi connectivity index (χ4v) is 3.55. The number of aromatic nitrogens is 1. The lowest BCUT2D eigenvalue weighted by Gasteiger charge is -2.26. The maximum Gasteiger partial charge on any atom is 0.244 e. The number of thiazole rings is 1. The Morgan fingerprint density at radius 1 is 1.27 bits per heavy atom. The third kappa shape index (κ3) is 5.39. The Balaban J connectivity index is 1.26. The summed E-state index contributed by atoms with van der Waals surface area (Å²) in [6, 6.07) is 15.1. The summed E-state index contributed by atoms with van der Waals surface area (Å²) < 4.78 is 17.3. The molecule has 1 atom stereocenters. The molecule has 1 amide bonds. The van der Waals surface area contributed by atoms with E-state index < -0.39 is 0 Å². The van der Waals surface area contributed by atoms with E-state index in [4.69, 9.17) is 14.2 Å². The van der Waals surface area contributed by atoms with E-state index in [0.717, 1.165) is 27.8 Å². The lowest BCUT2D eigenvalue weighted by molar-refractivity contribution is -0.116. The fraction of sp³-hybridized carbons (Fsp3) is 0.217. The SMILES string of the molecule is Cc1nc(COc2cccc(/C=C\C(=O)NC[C@H]3COc4ccccc4O3)c2)cs1. The lowest BCUT2D eigenvalue weighted by atomic mass is 10.2. The van der Waals surface area contributed by atoms with Crippen molar-refractivity contribution in [1.29, 1.82) is 0 Å². The standard InChI is InChI=1S/C23H22N2O4S/c1-16-25-18(15-30-16)13-27-19-6-4-5-17(11-19)9-10-23(26)24-12-20-14-28-21-7-2-3-8-22(21)29-20/h2-11,15,20H,12-14H2,1H3,(H,24,26)/b10-9-/t20-/m0/s1. The Morgan fingerprint density at radius 2 is 2.13 bits per heavy atom. The minimum Gasteiger partial charge on any atom is -0.487 e. The molecule has 154 valence electrons. The zero-order chi connectivity index (χ0) is 20.8. The van der Waals surface area contributed by atoms with Crippen LogP contribution in [0.25, 0.3) is 6.08 Å². The smallest absolute Gasteiger partial charge is 0.244 e. The minimum atomic E-state index is -0.219. The molecule has 1 N–H and O–H groups in total. The summed E-state index contributed by atoms with van der Waals surface area (Å²) in [5, 5.41) is 5.86. The van der Waals surface area contributed by atoms with Gasteiger partial charge in [-0.2, -0.15) is 0 Å². The first kappa shape index (κ1) is 20.0. The zero-order valence-corrected chi connectivity index (χ0v) is 17.4. The number of nitrogens with one attached hydrogen (secondary N) is 1. The predicted molar refractivity (Wildman–Crippen MR) is 116 cm³/mol. The number of carbonyl (C=O) groups excluding carboxylic acids is 1. The third-order valence-corrected chi connectivity index (χ3v) is 5.23. The highest BCUT2D eigenvalue weighted by atomic mass is 32.1. The number of amides is 1. The maximum atomic E-state index is 12.2. The number of nitrogens with zero attached hydrogens (tertiary/aromatic N) is 1. The first-order valence-electron chi connectivity index (χ1n) is 9.64. The average Bonchev–Trinajstić information content (AvgIpc) is 3.20. The van der Waals surface area contributed by atoms with Crippen LogP contribution in [0.5, 0.6) is 17.2 Å². The normalized spacial score (nSPS) is 15.2. The summed E-state index contributed by atoms with van der Waals surface area (Å²) in [7, 11) is 0. The van der Waals surface area contributed by atoms with E-state index in [1.165, 1.54) is 6.08 Å². The van der Waals surface area contributed by atoms with Gasteiger partial charge in [-0.25, -0.2) is 4.98 Å². The quantitative estimate of drug-likeness (QED) is 0.583. The highest BCUT2D eigenvalue weighted by Gasteiger charge is 2.20. The van der Waals surface area contributed by atoms with Crippen molar-refractivity contribution in [2.75, 3.05) is 13.2 Å². The first-order chi connectivity index (χ1) is 14.7. The Kier molecular flexibility index (Phi) is 6.29. The van der Waals surface area contributed by atoms with Gasteiger partial charge in [0.2, 0.25) is 5.91 Å². The lowest BCUT2D eigenvalue weighted by Crippen LogP contribution is -2.40. The summed E-state index contributed by atoms with van der Waals surface area (Å²) in [6.45, 7) is 3.16. The van der Waals surface area contributed by atoms with E-state index in [1.54, 1.807) is 17.4 Å². The molecule has 7 heteroatoms. The van der Waals surface area contributed by atoms with Crippen LogP contribution in [-0.2, 0) is 11.4 Å². The molecule has 0 spiro atoms. The monoisotopic (exact) mass is 422 g/mol. The number of aryl methyl sites for hydroxylation is 1. The molecule has 3 aromatic rings. The third-order valence-electron chi connectivity index (χ3n) is 4.41. The molecule has 2 heterocycles. The number of fused-ring (bicyclic) bond motifs is 1. The number of carbonyl (C=O) groups is 1. The summed E-state index contributed by atoms with van der Waals surface area (Å²) in [4.78, 5) is 16.6. The number of hydrogen-bond acceptors (Lipinski definition) is 6. The van der Waals surface area contributed by atoms with Crippen LogP contribution in [0.15, 0.2) is 60.0 Å². The molecule has 2 aromatic carbocycles. The minimum absolute atomic E-state index is 0.193. The Labute approximate surface area is 179 Å². The molecule has 4 rings (SSSR count). The number of benzene rings is 2. The van der Waals surface area contributed by atoms with Crippen LogP contribution in [0.2, 0.25) is 0 Å². The molecular weight excluding hydrogens is 400 g/mol. The number of rotatable bonds is 7. The molecule has 0 aliphatic carbocycles. The molecular formula is C23H22N2O4S. The van der Waals surface area contributed by atoms with Gasteiger partial charge >= 0.3 is 0 Å². The van der Waals surface area contributed by atoms with E-state index >= 15 is 0 Å². The first-order valence-corrected chi connectivity index (χ1v) is 10.5. The highest BCUT2D eigenvalue weighted by Crippen LogP contribution is 2.30. The van der Waals surface area contributed by atoms with Crippen LogP contribution in [0.3, 0.4) is 0 Å². The van der Waals surface area contributed by atoms with E-state index in [1.807, 2.05) is 60.8 Å². The van der Waals surface area contributed by atoms with Gasteiger partial charge in [-0.3, -0.25) is 4.79 Å². The molecule has 6 nitrogen and oxygen atoms in total. The van der Waals surface area contributed by atoms with Crippen molar-refractivity contribution in [3.63, 3.8) is 0 Å². The largest absolute Gasteiger partial charge is 0.487 e. The average molecular weight is 423 g/mol. The van der Waals surface area contributed by atoms with Gasteiger partial charge in [0.15, 0.2) is 11.5 Å². The van der Waals surface area contributed by atoms with Crippen molar-refractivity contribution in [2.24, 2.45) is 0 Å². The van der Waals surface area contributed by atoms with Crippen molar-refractivity contribution in [3.8, 4) is 17.2 Å². The summed E-state index contributed by atoms with van der Waals surface area (Å²) in [6.07, 6.45) is 3.03. The summed E-state index contributed by atoms with van der Waals surface area (Å²) in [5.74, 6) is 1.96. The molecule has 0 radical (unpaired) electrons. The van der Waals surface area contributed by atoms with Gasteiger partial charge in [-0.05, 0) is 42.8 Å². The van der Waals surface area contributed by atoms with Crippen LogP contribution in [0, 0.1) is 6.92 Å². The molecule has 0 saturated heterocycles. The fourth-order valence-electron chi connectivity index (χ4n) is 2.95. The van der Waals surface area contributed by atoms with E-state index in [9.17, 15) is 4.79 Å². The van der Waals surface area contributed by atoms with E-state index in [0.29, 0.717) is 25.5 Å². The van der Waals surface area contributed by atoms with Gasteiger partial charge in [-0.15, -0.1) is 11.3 Å². The van der Waals surface area contributed by atoms with Crippen molar-refractivity contribution in [2.45, 2.75) is 19.6 Å². The number of hydrogen-bond donors (Lipinski definition) is 1. The van der Waals surface area contributed by atoms with Gasteiger partial charge in [-0.1, -0.05) is 24.3 Å². The Hall–Kier alpha value is -3.32. The molecule has 1 aromatic heterocycles. The summed E-state index contributed by atoms with van der Waals surface area (Å²) in [5.41, 5.74) is 1.79. The van der Waals surface area contributed by atoms with E-state index in [2.05, 4.69) is 10.3 Å². The van der Waals surface area contributed by atoms with Crippen molar-refractivity contribution in [3.05, 3.63) is 76.3 Å². The van der Waals surface area contributed by atoms with Gasteiger partial charge in [0.1, 0.15) is 25.1 Å². The van der Waals surface area contributed by atoms with Crippen molar-refractivity contribution >= 4 is 23.3 Å². The van der Waals surface area contributed by atoms with Gasteiger partial charge < -0.3 is 19.5 Å². The second-order valence-electron chi connectivity index (χ2n) is 6.80. The van der Waals surface area contributed by atoms with Gasteiger partial charge in [0.25, 0.3) is 0 Å². The molecule has 1 aliphatic rings. The van der Waals surface area contributed by atoms with Crippen LogP contribution < -0.4 is 19.5 Å².